The number of hydrogen-bond donors (Lipinski definition) is 2. The highest BCUT2D eigenvalue weighted by Gasteiger charge is 2.11. The quantitative estimate of drug-likeness (QED) is 0.676. The van der Waals surface area contributed by atoms with Gasteiger partial charge in [-0.25, -0.2) is 9.97 Å². The second-order valence-electron chi connectivity index (χ2n) is 4.20. The van der Waals surface area contributed by atoms with Gasteiger partial charge in [0.1, 0.15) is 12.0 Å². The Morgan fingerprint density at radius 3 is 2.94 bits per heavy atom. The zero-order chi connectivity index (χ0) is 12.7. The number of rotatable bonds is 2. The van der Waals surface area contributed by atoms with E-state index in [9.17, 15) is 5.11 Å². The lowest BCUT2D eigenvalue weighted by Gasteiger charge is -2.08. The number of H-pyrrole nitrogens is 1. The molecule has 0 fully saturated rings. The number of aliphatic hydroxyl groups is 1. The largest absolute Gasteiger partial charge is 0.364 e. The van der Waals surface area contributed by atoms with E-state index in [1.165, 1.54) is 13.4 Å². The van der Waals surface area contributed by atoms with Crippen molar-refractivity contribution >= 4 is 21.9 Å². The molecule has 3 rings (SSSR count). The number of aryl methyl sites for hydroxylation is 1. The summed E-state index contributed by atoms with van der Waals surface area (Å²) in [5, 5.41) is 11.7. The minimum Gasteiger partial charge on any atom is -0.364 e. The van der Waals surface area contributed by atoms with Crippen molar-refractivity contribution in [2.24, 2.45) is 0 Å². The second-order valence-corrected chi connectivity index (χ2v) is 4.20. The molecule has 0 radical (unpaired) electrons. The third-order valence-electron chi connectivity index (χ3n) is 3.11. The number of nitrogens with zero attached hydrogens (tertiary/aromatic N) is 2. The summed E-state index contributed by atoms with van der Waals surface area (Å²) in [4.78, 5) is 11.6. The Balaban J connectivity index is 2.30. The van der Waals surface area contributed by atoms with E-state index in [2.05, 4.69) is 15.0 Å². The fraction of sp³-hybridized carbons (Fsp3) is 0.231. The number of methoxy groups -OCH3 is 1. The van der Waals surface area contributed by atoms with Crippen LogP contribution in [-0.2, 0) is 4.74 Å². The maximum atomic E-state index is 9.65. The minimum atomic E-state index is -0.909. The molecule has 18 heavy (non-hydrogen) atoms. The highest BCUT2D eigenvalue weighted by Crippen LogP contribution is 2.28. The summed E-state index contributed by atoms with van der Waals surface area (Å²) in [5.74, 6) is 0. The molecule has 0 bridgehead atoms. The molecule has 3 aromatic rings. The monoisotopic (exact) mass is 243 g/mol. The van der Waals surface area contributed by atoms with Crippen molar-refractivity contribution in [3.63, 3.8) is 0 Å². The molecule has 5 heteroatoms. The third kappa shape index (κ3) is 1.56. The Labute approximate surface area is 103 Å². The van der Waals surface area contributed by atoms with Gasteiger partial charge in [-0.05, 0) is 13.0 Å². The molecule has 1 atom stereocenters. The Morgan fingerprint density at radius 2 is 2.17 bits per heavy atom. The molecule has 0 saturated heterocycles. The van der Waals surface area contributed by atoms with Gasteiger partial charge in [-0.1, -0.05) is 12.1 Å². The van der Waals surface area contributed by atoms with Crippen LogP contribution in [0.2, 0.25) is 0 Å². The van der Waals surface area contributed by atoms with E-state index in [0.717, 1.165) is 27.6 Å². The molecular formula is C13H13N3O2. The molecule has 0 aliphatic rings. The van der Waals surface area contributed by atoms with E-state index in [1.807, 2.05) is 25.1 Å². The standard InChI is InChI=1S/C13H13N3O2/c1-7-11-9-4-3-8(13(17)18-2)5-10(9)16-12(11)15-6-14-7/h3-6,13,17H,1-2H3,(H,14,15,16). The van der Waals surface area contributed by atoms with Crippen LogP contribution in [0.15, 0.2) is 24.5 Å². The average Bonchev–Trinajstić information content (AvgIpc) is 2.76. The molecular weight excluding hydrogens is 230 g/mol. The fourth-order valence-corrected chi connectivity index (χ4v) is 2.19. The van der Waals surface area contributed by atoms with E-state index in [0.29, 0.717) is 5.56 Å². The van der Waals surface area contributed by atoms with Crippen LogP contribution in [-0.4, -0.2) is 27.2 Å². The van der Waals surface area contributed by atoms with Crippen molar-refractivity contribution in [3.05, 3.63) is 35.8 Å². The number of fused-ring (bicyclic) bond motifs is 3. The van der Waals surface area contributed by atoms with Crippen LogP contribution in [0.4, 0.5) is 0 Å². The van der Waals surface area contributed by atoms with Gasteiger partial charge < -0.3 is 14.8 Å². The van der Waals surface area contributed by atoms with Crippen LogP contribution in [0.25, 0.3) is 21.9 Å². The zero-order valence-corrected chi connectivity index (χ0v) is 10.1. The van der Waals surface area contributed by atoms with Gasteiger partial charge in [0.15, 0.2) is 6.29 Å². The molecule has 5 nitrogen and oxygen atoms in total. The Bertz CT molecular complexity index is 721. The summed E-state index contributed by atoms with van der Waals surface area (Å²) in [6.07, 6.45) is 0.630. The SMILES string of the molecule is COC(O)c1ccc2c(c1)[nH]c1ncnc(C)c12. The Kier molecular flexibility index (Phi) is 2.50. The molecule has 1 aromatic carbocycles. The van der Waals surface area contributed by atoms with Crippen LogP contribution < -0.4 is 0 Å². The number of aromatic nitrogens is 3. The van der Waals surface area contributed by atoms with Crippen molar-refractivity contribution in [1.29, 1.82) is 0 Å². The van der Waals surface area contributed by atoms with E-state index in [1.54, 1.807) is 0 Å². The molecule has 0 aliphatic carbocycles. The van der Waals surface area contributed by atoms with Gasteiger partial charge in [0.25, 0.3) is 0 Å². The second kappa shape index (κ2) is 4.04. The highest BCUT2D eigenvalue weighted by molar-refractivity contribution is 6.07. The van der Waals surface area contributed by atoms with Gasteiger partial charge in [-0.2, -0.15) is 0 Å². The first-order valence-corrected chi connectivity index (χ1v) is 5.64. The van der Waals surface area contributed by atoms with Gasteiger partial charge in [-0.3, -0.25) is 0 Å². The average molecular weight is 243 g/mol. The van der Waals surface area contributed by atoms with Crippen molar-refractivity contribution in [3.8, 4) is 0 Å². The number of hydrogen-bond acceptors (Lipinski definition) is 4. The topological polar surface area (TPSA) is 71.0 Å². The zero-order valence-electron chi connectivity index (χ0n) is 10.1. The maximum Gasteiger partial charge on any atom is 0.180 e. The molecule has 0 aliphatic heterocycles. The number of benzene rings is 1. The van der Waals surface area contributed by atoms with E-state index in [4.69, 9.17) is 4.74 Å². The van der Waals surface area contributed by atoms with Crippen molar-refractivity contribution in [1.82, 2.24) is 15.0 Å². The molecule has 1 unspecified atom stereocenters. The molecule has 2 heterocycles. The van der Waals surface area contributed by atoms with Crippen LogP contribution in [0.3, 0.4) is 0 Å². The lowest BCUT2D eigenvalue weighted by Crippen LogP contribution is -1.98. The van der Waals surface area contributed by atoms with Gasteiger partial charge in [0, 0.05) is 29.0 Å². The number of aromatic amines is 1. The number of aliphatic hydroxyl groups excluding tert-OH is 1. The smallest absolute Gasteiger partial charge is 0.180 e. The van der Waals surface area contributed by atoms with Crippen LogP contribution in [0, 0.1) is 6.92 Å². The molecule has 92 valence electrons. The van der Waals surface area contributed by atoms with E-state index >= 15 is 0 Å². The number of nitrogens with one attached hydrogen (secondary N) is 1. The predicted molar refractivity (Wildman–Crippen MR) is 68.1 cm³/mol. The predicted octanol–water partition coefficient (Wildman–Crippen LogP) is 2.06. The lowest BCUT2D eigenvalue weighted by molar-refractivity contribution is -0.0768. The summed E-state index contributed by atoms with van der Waals surface area (Å²) in [6.45, 7) is 1.95. The first-order chi connectivity index (χ1) is 8.70. The van der Waals surface area contributed by atoms with E-state index < -0.39 is 6.29 Å². The van der Waals surface area contributed by atoms with Crippen LogP contribution in [0.1, 0.15) is 17.5 Å². The lowest BCUT2D eigenvalue weighted by atomic mass is 10.1. The van der Waals surface area contributed by atoms with Gasteiger partial charge >= 0.3 is 0 Å². The van der Waals surface area contributed by atoms with Crippen LogP contribution >= 0.6 is 0 Å². The van der Waals surface area contributed by atoms with Gasteiger partial charge in [-0.15, -0.1) is 0 Å². The fourth-order valence-electron chi connectivity index (χ4n) is 2.19. The first kappa shape index (κ1) is 11.1. The summed E-state index contributed by atoms with van der Waals surface area (Å²) < 4.78 is 4.90. The molecule has 0 amide bonds. The summed E-state index contributed by atoms with van der Waals surface area (Å²) >= 11 is 0. The summed E-state index contributed by atoms with van der Waals surface area (Å²) in [5.41, 5.74) is 3.37. The molecule has 0 spiro atoms. The van der Waals surface area contributed by atoms with Crippen molar-refractivity contribution in [2.45, 2.75) is 13.2 Å². The third-order valence-corrected chi connectivity index (χ3v) is 3.11. The summed E-state index contributed by atoms with van der Waals surface area (Å²) in [6, 6.07) is 5.66. The maximum absolute atomic E-state index is 9.65. The van der Waals surface area contributed by atoms with Gasteiger partial charge in [0.05, 0.1) is 5.69 Å². The first-order valence-electron chi connectivity index (χ1n) is 5.64. The highest BCUT2D eigenvalue weighted by atomic mass is 16.6. The Hall–Kier alpha value is -1.98. The molecule has 0 saturated carbocycles. The van der Waals surface area contributed by atoms with E-state index in [-0.39, 0.29) is 0 Å². The summed E-state index contributed by atoms with van der Waals surface area (Å²) in [7, 11) is 1.47. The van der Waals surface area contributed by atoms with Crippen LogP contribution in [0.5, 0.6) is 0 Å². The Morgan fingerprint density at radius 1 is 1.33 bits per heavy atom. The number of ether oxygens (including phenoxy) is 1. The van der Waals surface area contributed by atoms with Crippen molar-refractivity contribution < 1.29 is 9.84 Å². The normalized spacial score (nSPS) is 13.3. The van der Waals surface area contributed by atoms with Crippen molar-refractivity contribution in [2.75, 3.05) is 7.11 Å². The molecule has 2 aromatic heterocycles. The van der Waals surface area contributed by atoms with Gasteiger partial charge in [0.2, 0.25) is 0 Å². The molecule has 2 N–H and O–H groups in total. The minimum absolute atomic E-state index is 0.710.